The van der Waals surface area contributed by atoms with Crippen LogP contribution in [0.5, 0.6) is 0 Å². The summed E-state index contributed by atoms with van der Waals surface area (Å²) in [5.41, 5.74) is 0. The largest absolute Gasteiger partial charge is 0.378 e. The Hall–Kier alpha value is -0.920. The van der Waals surface area contributed by atoms with Gasteiger partial charge in [0.1, 0.15) is 0 Å². The first kappa shape index (κ1) is 19.4. The van der Waals surface area contributed by atoms with Gasteiger partial charge in [-0.15, -0.1) is 0 Å². The van der Waals surface area contributed by atoms with Crippen LogP contribution in [0.4, 0.5) is 0 Å². The van der Waals surface area contributed by atoms with Gasteiger partial charge in [-0.05, 0) is 52.9 Å². The third kappa shape index (κ3) is 13.1. The molecule has 0 rings (SSSR count). The van der Waals surface area contributed by atoms with Crippen molar-refractivity contribution < 1.29 is 0 Å². The summed E-state index contributed by atoms with van der Waals surface area (Å²) in [6.45, 7) is 17.5. The molecule has 0 aromatic carbocycles. The van der Waals surface area contributed by atoms with Gasteiger partial charge in [-0.25, -0.2) is 0 Å². The Kier molecular flexibility index (Phi) is 17.3. The van der Waals surface area contributed by atoms with Crippen LogP contribution in [0.25, 0.3) is 0 Å². The average molecular weight is 254 g/mol. The first-order valence-corrected chi connectivity index (χ1v) is 7.51. The molecular formula is C16H34N2. The second-order valence-electron chi connectivity index (χ2n) is 4.03. The van der Waals surface area contributed by atoms with E-state index in [0.29, 0.717) is 0 Å². The minimum Gasteiger partial charge on any atom is -0.378 e. The van der Waals surface area contributed by atoms with Crippen LogP contribution in [-0.2, 0) is 0 Å². The summed E-state index contributed by atoms with van der Waals surface area (Å²) in [7, 11) is 0. The fraction of sp³-hybridized carbons (Fsp3) is 0.750. The number of hydrogen-bond donors (Lipinski definition) is 0. The maximum atomic E-state index is 2.28. The number of allylic oxidation sites excluding steroid dienone is 2. The van der Waals surface area contributed by atoms with Crippen LogP contribution in [-0.4, -0.2) is 36.0 Å². The molecule has 0 fully saturated rings. The van der Waals surface area contributed by atoms with Crippen LogP contribution in [0.15, 0.2) is 24.6 Å². The van der Waals surface area contributed by atoms with Gasteiger partial charge in [-0.1, -0.05) is 26.0 Å². The lowest BCUT2D eigenvalue weighted by Crippen LogP contribution is -2.14. The van der Waals surface area contributed by atoms with Crippen molar-refractivity contribution in [2.45, 2.75) is 54.4 Å². The smallest absolute Gasteiger partial charge is 0.0143 e. The van der Waals surface area contributed by atoms with Gasteiger partial charge in [0.25, 0.3) is 0 Å². The molecule has 0 aliphatic carbocycles. The molecule has 18 heavy (non-hydrogen) atoms. The normalized spacial score (nSPS) is 10.6. The van der Waals surface area contributed by atoms with E-state index in [1.165, 1.54) is 0 Å². The molecule has 0 bridgehead atoms. The van der Waals surface area contributed by atoms with Crippen molar-refractivity contribution in [1.29, 1.82) is 0 Å². The van der Waals surface area contributed by atoms with Crippen LogP contribution < -0.4 is 0 Å². The molecule has 108 valence electrons. The number of hydrogen-bond acceptors (Lipinski definition) is 2. The average Bonchev–Trinajstić information content (AvgIpc) is 2.42. The highest BCUT2D eigenvalue weighted by Crippen LogP contribution is 1.89. The second-order valence-corrected chi connectivity index (χ2v) is 4.03. The molecule has 0 aliphatic heterocycles. The van der Waals surface area contributed by atoms with E-state index in [9.17, 15) is 0 Å². The SMILES string of the molecule is CC/C=C/N(CC)CC.CC/C=C/N(CC)CC. The Morgan fingerprint density at radius 2 is 0.833 bits per heavy atom. The minimum absolute atomic E-state index is 1.12. The van der Waals surface area contributed by atoms with E-state index in [1.807, 2.05) is 0 Å². The molecule has 2 heteroatoms. The molecule has 0 radical (unpaired) electrons. The topological polar surface area (TPSA) is 6.48 Å². The number of nitrogens with zero attached hydrogens (tertiary/aromatic N) is 2. The standard InChI is InChI=1S/2C8H17N/c2*1-4-7-8-9(5-2)6-3/h2*7-8H,4-6H2,1-3H3/b2*8-7+. The summed E-state index contributed by atoms with van der Waals surface area (Å²) >= 11 is 0. The molecule has 0 aliphatic rings. The highest BCUT2D eigenvalue weighted by Gasteiger charge is 1.86. The van der Waals surface area contributed by atoms with Gasteiger partial charge < -0.3 is 9.80 Å². The molecule has 2 nitrogen and oxygen atoms in total. The Labute approximate surface area is 115 Å². The van der Waals surface area contributed by atoms with Gasteiger partial charge in [-0.3, -0.25) is 0 Å². The molecule has 0 aromatic heterocycles. The fourth-order valence-corrected chi connectivity index (χ4v) is 1.38. The summed E-state index contributed by atoms with van der Waals surface area (Å²) < 4.78 is 0. The monoisotopic (exact) mass is 254 g/mol. The van der Waals surface area contributed by atoms with E-state index >= 15 is 0 Å². The lowest BCUT2D eigenvalue weighted by atomic mass is 10.4. The van der Waals surface area contributed by atoms with Crippen molar-refractivity contribution in [2.24, 2.45) is 0 Å². The summed E-state index contributed by atoms with van der Waals surface area (Å²) in [6, 6.07) is 0. The molecule has 0 atom stereocenters. The van der Waals surface area contributed by atoms with E-state index in [2.05, 4.69) is 75.9 Å². The van der Waals surface area contributed by atoms with Crippen molar-refractivity contribution in [3.05, 3.63) is 24.6 Å². The molecule has 0 spiro atoms. The van der Waals surface area contributed by atoms with Gasteiger partial charge >= 0.3 is 0 Å². The molecule has 0 saturated heterocycles. The van der Waals surface area contributed by atoms with E-state index in [-0.39, 0.29) is 0 Å². The Balaban J connectivity index is 0. The predicted molar refractivity (Wildman–Crippen MR) is 84.7 cm³/mol. The van der Waals surface area contributed by atoms with E-state index < -0.39 is 0 Å². The van der Waals surface area contributed by atoms with E-state index in [1.54, 1.807) is 0 Å². The Morgan fingerprint density at radius 3 is 1.00 bits per heavy atom. The van der Waals surface area contributed by atoms with Crippen LogP contribution in [0.2, 0.25) is 0 Å². The zero-order valence-electron chi connectivity index (χ0n) is 13.4. The third-order valence-electron chi connectivity index (χ3n) is 2.73. The zero-order chi connectivity index (χ0) is 14.2. The molecule has 0 saturated carbocycles. The molecule has 0 N–H and O–H groups in total. The van der Waals surface area contributed by atoms with Crippen molar-refractivity contribution in [3.8, 4) is 0 Å². The molecule has 0 amide bonds. The van der Waals surface area contributed by atoms with Crippen LogP contribution in [0.3, 0.4) is 0 Å². The first-order chi connectivity index (χ1) is 8.69. The first-order valence-electron chi connectivity index (χ1n) is 7.51. The highest BCUT2D eigenvalue weighted by atomic mass is 15.1. The second kappa shape index (κ2) is 16.1. The summed E-state index contributed by atoms with van der Waals surface area (Å²) in [5.74, 6) is 0. The molecule has 0 aromatic rings. The Morgan fingerprint density at radius 1 is 0.556 bits per heavy atom. The lowest BCUT2D eigenvalue weighted by molar-refractivity contribution is 0.417. The summed E-state index contributed by atoms with van der Waals surface area (Å²) in [4.78, 5) is 4.56. The van der Waals surface area contributed by atoms with Crippen LogP contribution in [0, 0.1) is 0 Å². The lowest BCUT2D eigenvalue weighted by Gasteiger charge is -2.13. The quantitative estimate of drug-likeness (QED) is 0.629. The maximum Gasteiger partial charge on any atom is 0.0143 e. The number of rotatable bonds is 8. The Bertz CT molecular complexity index is 167. The summed E-state index contributed by atoms with van der Waals surface area (Å²) in [5, 5.41) is 0. The van der Waals surface area contributed by atoms with Crippen molar-refractivity contribution in [3.63, 3.8) is 0 Å². The van der Waals surface area contributed by atoms with Gasteiger partial charge in [-0.2, -0.15) is 0 Å². The van der Waals surface area contributed by atoms with Gasteiger partial charge in [0, 0.05) is 26.2 Å². The molecule has 0 heterocycles. The zero-order valence-corrected chi connectivity index (χ0v) is 13.4. The van der Waals surface area contributed by atoms with Crippen LogP contribution in [0.1, 0.15) is 54.4 Å². The maximum absolute atomic E-state index is 2.28. The van der Waals surface area contributed by atoms with Crippen LogP contribution >= 0.6 is 0 Å². The van der Waals surface area contributed by atoms with Crippen molar-refractivity contribution in [1.82, 2.24) is 9.80 Å². The van der Waals surface area contributed by atoms with Gasteiger partial charge in [0.15, 0.2) is 0 Å². The minimum atomic E-state index is 1.12. The van der Waals surface area contributed by atoms with Gasteiger partial charge in [0.05, 0.1) is 0 Å². The molecular weight excluding hydrogens is 220 g/mol. The van der Waals surface area contributed by atoms with E-state index in [0.717, 1.165) is 39.0 Å². The van der Waals surface area contributed by atoms with Crippen molar-refractivity contribution in [2.75, 3.05) is 26.2 Å². The van der Waals surface area contributed by atoms with E-state index in [4.69, 9.17) is 0 Å². The predicted octanol–water partition coefficient (Wildman–Crippen LogP) is 4.50. The summed E-state index contributed by atoms with van der Waals surface area (Å²) in [6.07, 6.45) is 11.0. The highest BCUT2D eigenvalue weighted by molar-refractivity contribution is 4.80. The van der Waals surface area contributed by atoms with Crippen molar-refractivity contribution >= 4 is 0 Å². The third-order valence-corrected chi connectivity index (χ3v) is 2.73. The fourth-order valence-electron chi connectivity index (χ4n) is 1.38. The molecule has 0 unspecified atom stereocenters. The van der Waals surface area contributed by atoms with Gasteiger partial charge in [0.2, 0.25) is 0 Å².